The lowest BCUT2D eigenvalue weighted by molar-refractivity contribution is 0.192. The zero-order valence-corrected chi connectivity index (χ0v) is 12.5. The van der Waals surface area contributed by atoms with Gasteiger partial charge in [0, 0.05) is 24.7 Å². The Labute approximate surface area is 117 Å². The third-order valence-corrected chi connectivity index (χ3v) is 3.75. The highest BCUT2D eigenvalue weighted by molar-refractivity contribution is 9.10. The molecule has 0 atom stereocenters. The molecule has 0 spiro atoms. The van der Waals surface area contributed by atoms with E-state index in [0.29, 0.717) is 0 Å². The van der Waals surface area contributed by atoms with E-state index in [0.717, 1.165) is 35.6 Å². The number of benzene rings is 1. The summed E-state index contributed by atoms with van der Waals surface area (Å²) >= 11 is 9.40. The van der Waals surface area contributed by atoms with Gasteiger partial charge >= 0.3 is 0 Å². The van der Waals surface area contributed by atoms with Gasteiger partial charge in [0.05, 0.1) is 5.02 Å². The molecule has 0 saturated carbocycles. The zero-order valence-electron chi connectivity index (χ0n) is 10.1. The Hall–Kier alpha value is -0.0900. The summed E-state index contributed by atoms with van der Waals surface area (Å²) in [5.74, 6) is 0. The first-order valence-electron chi connectivity index (χ1n) is 5.87. The van der Waals surface area contributed by atoms with Crippen LogP contribution in [0.25, 0.3) is 0 Å². The summed E-state index contributed by atoms with van der Waals surface area (Å²) in [6.07, 6.45) is 3.54. The minimum Gasteiger partial charge on any atom is -0.385 e. The largest absolute Gasteiger partial charge is 0.385 e. The molecule has 0 radical (unpaired) electrons. The summed E-state index contributed by atoms with van der Waals surface area (Å²) < 4.78 is 5.95. The van der Waals surface area contributed by atoms with Crippen molar-refractivity contribution in [3.63, 3.8) is 0 Å². The standard InChI is InChI=1S/C13H19BrClNO/c1-17-8-4-2-3-7-16-10-11-5-6-12(14)13(15)9-11/h5-6,9,16H,2-4,7-8,10H2,1H3. The van der Waals surface area contributed by atoms with Crippen LogP contribution in [0.3, 0.4) is 0 Å². The Kier molecular flexibility index (Phi) is 7.86. The molecule has 1 rings (SSSR count). The van der Waals surface area contributed by atoms with Gasteiger partial charge in [0.2, 0.25) is 0 Å². The lowest BCUT2D eigenvalue weighted by atomic mass is 10.2. The molecule has 0 amide bonds. The van der Waals surface area contributed by atoms with Crippen molar-refractivity contribution in [2.75, 3.05) is 20.3 Å². The van der Waals surface area contributed by atoms with Crippen LogP contribution in [-0.2, 0) is 11.3 Å². The fourth-order valence-electron chi connectivity index (χ4n) is 1.56. The van der Waals surface area contributed by atoms with Gasteiger partial charge in [-0.05, 0) is 59.4 Å². The van der Waals surface area contributed by atoms with Crippen molar-refractivity contribution in [1.82, 2.24) is 5.32 Å². The second-order valence-corrected chi connectivity index (χ2v) is 5.24. The second-order valence-electron chi connectivity index (χ2n) is 3.98. The van der Waals surface area contributed by atoms with Gasteiger partial charge in [-0.1, -0.05) is 17.7 Å². The number of methoxy groups -OCH3 is 1. The van der Waals surface area contributed by atoms with Gasteiger partial charge in [-0.15, -0.1) is 0 Å². The smallest absolute Gasteiger partial charge is 0.0551 e. The van der Waals surface area contributed by atoms with Gasteiger partial charge in [-0.25, -0.2) is 0 Å². The number of ether oxygens (including phenoxy) is 1. The number of rotatable bonds is 8. The van der Waals surface area contributed by atoms with E-state index in [2.05, 4.69) is 27.3 Å². The van der Waals surface area contributed by atoms with E-state index < -0.39 is 0 Å². The summed E-state index contributed by atoms with van der Waals surface area (Å²) in [6, 6.07) is 6.05. The molecule has 1 aromatic rings. The molecule has 0 aliphatic rings. The fourth-order valence-corrected chi connectivity index (χ4v) is 2.01. The molecule has 0 heterocycles. The summed E-state index contributed by atoms with van der Waals surface area (Å²) in [6.45, 7) is 2.77. The Balaban J connectivity index is 2.11. The maximum absolute atomic E-state index is 6.02. The Morgan fingerprint density at radius 2 is 2.12 bits per heavy atom. The molecule has 0 aliphatic carbocycles. The summed E-state index contributed by atoms with van der Waals surface area (Å²) in [5, 5.41) is 4.18. The minimum atomic E-state index is 0.768. The van der Waals surface area contributed by atoms with Crippen LogP contribution in [0.2, 0.25) is 5.02 Å². The van der Waals surface area contributed by atoms with Crippen LogP contribution in [0, 0.1) is 0 Å². The van der Waals surface area contributed by atoms with Crippen LogP contribution < -0.4 is 5.32 Å². The van der Waals surface area contributed by atoms with Crippen molar-refractivity contribution in [2.24, 2.45) is 0 Å². The summed E-state index contributed by atoms with van der Waals surface area (Å²) in [5.41, 5.74) is 1.22. The van der Waals surface area contributed by atoms with Crippen molar-refractivity contribution in [3.05, 3.63) is 33.3 Å². The Morgan fingerprint density at radius 3 is 2.82 bits per heavy atom. The van der Waals surface area contributed by atoms with E-state index in [1.54, 1.807) is 7.11 Å². The number of hydrogen-bond donors (Lipinski definition) is 1. The van der Waals surface area contributed by atoms with Crippen LogP contribution in [0.4, 0.5) is 0 Å². The maximum atomic E-state index is 6.02. The quantitative estimate of drug-likeness (QED) is 0.731. The molecule has 0 aliphatic heterocycles. The van der Waals surface area contributed by atoms with Gasteiger partial charge < -0.3 is 10.1 Å². The van der Waals surface area contributed by atoms with E-state index in [1.807, 2.05) is 12.1 Å². The SMILES string of the molecule is COCCCCCNCc1ccc(Br)c(Cl)c1. The molecule has 96 valence electrons. The molecule has 2 nitrogen and oxygen atoms in total. The normalized spacial score (nSPS) is 10.8. The molecular weight excluding hydrogens is 302 g/mol. The zero-order chi connectivity index (χ0) is 12.5. The van der Waals surface area contributed by atoms with E-state index in [9.17, 15) is 0 Å². The topological polar surface area (TPSA) is 21.3 Å². The van der Waals surface area contributed by atoms with Crippen molar-refractivity contribution < 1.29 is 4.74 Å². The predicted octanol–water partition coefficient (Wildman–Crippen LogP) is 4.01. The first-order chi connectivity index (χ1) is 8.24. The fraction of sp³-hybridized carbons (Fsp3) is 0.538. The number of halogens is 2. The second kappa shape index (κ2) is 8.92. The average Bonchev–Trinajstić information content (AvgIpc) is 2.32. The van der Waals surface area contributed by atoms with Gasteiger partial charge in [-0.3, -0.25) is 0 Å². The van der Waals surface area contributed by atoms with E-state index in [1.165, 1.54) is 18.4 Å². The van der Waals surface area contributed by atoms with E-state index >= 15 is 0 Å². The highest BCUT2D eigenvalue weighted by Crippen LogP contribution is 2.22. The number of unbranched alkanes of at least 4 members (excludes halogenated alkanes) is 2. The lowest BCUT2D eigenvalue weighted by Gasteiger charge is -2.06. The summed E-state index contributed by atoms with van der Waals surface area (Å²) in [4.78, 5) is 0. The van der Waals surface area contributed by atoms with Crippen LogP contribution in [0.5, 0.6) is 0 Å². The molecule has 17 heavy (non-hydrogen) atoms. The molecule has 1 aromatic carbocycles. The molecule has 0 aromatic heterocycles. The van der Waals surface area contributed by atoms with Gasteiger partial charge in [0.25, 0.3) is 0 Å². The minimum absolute atomic E-state index is 0.768. The van der Waals surface area contributed by atoms with E-state index in [4.69, 9.17) is 16.3 Å². The van der Waals surface area contributed by atoms with Gasteiger partial charge in [-0.2, -0.15) is 0 Å². The van der Waals surface area contributed by atoms with Crippen molar-refractivity contribution >= 4 is 27.5 Å². The van der Waals surface area contributed by atoms with Crippen LogP contribution in [-0.4, -0.2) is 20.3 Å². The van der Waals surface area contributed by atoms with Crippen molar-refractivity contribution in [2.45, 2.75) is 25.8 Å². The highest BCUT2D eigenvalue weighted by atomic mass is 79.9. The lowest BCUT2D eigenvalue weighted by Crippen LogP contribution is -2.14. The molecule has 0 fully saturated rings. The molecule has 1 N–H and O–H groups in total. The van der Waals surface area contributed by atoms with Crippen LogP contribution in [0.1, 0.15) is 24.8 Å². The van der Waals surface area contributed by atoms with Gasteiger partial charge in [0.1, 0.15) is 0 Å². The first-order valence-corrected chi connectivity index (χ1v) is 7.04. The van der Waals surface area contributed by atoms with Crippen LogP contribution in [0.15, 0.2) is 22.7 Å². The van der Waals surface area contributed by atoms with Crippen LogP contribution >= 0.6 is 27.5 Å². The Bertz CT molecular complexity index is 333. The van der Waals surface area contributed by atoms with E-state index in [-0.39, 0.29) is 0 Å². The average molecular weight is 321 g/mol. The van der Waals surface area contributed by atoms with Crippen molar-refractivity contribution in [3.8, 4) is 0 Å². The number of nitrogens with one attached hydrogen (secondary N) is 1. The molecule has 0 bridgehead atoms. The molecule has 0 saturated heterocycles. The third-order valence-electron chi connectivity index (χ3n) is 2.52. The molecular formula is C13H19BrClNO. The van der Waals surface area contributed by atoms with Crippen molar-refractivity contribution in [1.29, 1.82) is 0 Å². The Morgan fingerprint density at radius 1 is 1.29 bits per heavy atom. The monoisotopic (exact) mass is 319 g/mol. The predicted molar refractivity (Wildman–Crippen MR) is 76.6 cm³/mol. The first kappa shape index (κ1) is 15.0. The highest BCUT2D eigenvalue weighted by Gasteiger charge is 1.98. The maximum Gasteiger partial charge on any atom is 0.0551 e. The van der Waals surface area contributed by atoms with Gasteiger partial charge in [0.15, 0.2) is 0 Å². The molecule has 0 unspecified atom stereocenters. The summed E-state index contributed by atoms with van der Waals surface area (Å²) in [7, 11) is 1.75. The molecule has 4 heteroatoms. The third kappa shape index (κ3) is 6.41. The number of hydrogen-bond acceptors (Lipinski definition) is 2.